The molecule has 0 bridgehead atoms. The molecule has 0 aromatic heterocycles. The predicted molar refractivity (Wildman–Crippen MR) is 84.0 cm³/mol. The first-order chi connectivity index (χ1) is 10.7. The van der Waals surface area contributed by atoms with Gasteiger partial charge in [-0.25, -0.2) is 0 Å². The third-order valence-electron chi connectivity index (χ3n) is 4.39. The van der Waals surface area contributed by atoms with E-state index in [0.29, 0.717) is 32.4 Å². The zero-order valence-corrected chi connectivity index (χ0v) is 14.0. The van der Waals surface area contributed by atoms with Crippen LogP contribution in [0.25, 0.3) is 0 Å². The second-order valence-electron chi connectivity index (χ2n) is 7.30. The first-order valence-electron chi connectivity index (χ1n) is 8.06. The first-order valence-corrected chi connectivity index (χ1v) is 8.06. The molecule has 1 unspecified atom stereocenters. The van der Waals surface area contributed by atoms with Gasteiger partial charge in [0.15, 0.2) is 0 Å². The summed E-state index contributed by atoms with van der Waals surface area (Å²) in [5.74, 6) is -0.409. The molecule has 23 heavy (non-hydrogen) atoms. The predicted octanol–water partition coefficient (Wildman–Crippen LogP) is 1.50. The zero-order valence-electron chi connectivity index (χ0n) is 14.0. The lowest BCUT2D eigenvalue weighted by atomic mass is 9.81. The highest BCUT2D eigenvalue weighted by molar-refractivity contribution is 6.12. The minimum Gasteiger partial charge on any atom is -0.282 e. The molecule has 6 heteroatoms. The molecule has 4 amide bonds. The summed E-state index contributed by atoms with van der Waals surface area (Å²) in [6.07, 6.45) is 4.74. The lowest BCUT2D eigenvalue weighted by Gasteiger charge is -2.32. The Bertz CT molecular complexity index is 531. The van der Waals surface area contributed by atoms with Crippen molar-refractivity contribution in [3.8, 4) is 0 Å². The summed E-state index contributed by atoms with van der Waals surface area (Å²) in [4.78, 5) is 49.1. The quantitative estimate of drug-likeness (QED) is 0.666. The molecule has 0 N–H and O–H groups in total. The molecule has 0 spiro atoms. The van der Waals surface area contributed by atoms with Crippen molar-refractivity contribution in [2.24, 2.45) is 11.3 Å². The lowest BCUT2D eigenvalue weighted by molar-refractivity contribution is -0.141. The van der Waals surface area contributed by atoms with Crippen LogP contribution in [0.4, 0.5) is 0 Å². The Morgan fingerprint density at radius 1 is 1.00 bits per heavy atom. The molecule has 2 aliphatic rings. The van der Waals surface area contributed by atoms with Gasteiger partial charge in [-0.3, -0.25) is 29.0 Å². The van der Waals surface area contributed by atoms with Crippen LogP contribution in [0.1, 0.15) is 46.5 Å². The summed E-state index contributed by atoms with van der Waals surface area (Å²) in [7, 11) is 0. The van der Waals surface area contributed by atoms with Gasteiger partial charge in [0.1, 0.15) is 0 Å². The maximum Gasteiger partial charge on any atom is 0.253 e. The number of carbonyl (C=O) groups is 4. The van der Waals surface area contributed by atoms with E-state index in [1.54, 1.807) is 0 Å². The minimum absolute atomic E-state index is 0.0879. The van der Waals surface area contributed by atoms with Gasteiger partial charge < -0.3 is 0 Å². The van der Waals surface area contributed by atoms with E-state index in [1.807, 2.05) is 13.8 Å². The topological polar surface area (TPSA) is 74.8 Å². The third-order valence-corrected chi connectivity index (χ3v) is 4.39. The highest BCUT2D eigenvalue weighted by Gasteiger charge is 2.34. The molecule has 0 aromatic carbocycles. The average Bonchev–Trinajstić information content (AvgIpc) is 2.93. The molecular weight excluding hydrogens is 296 g/mol. The Kier molecular flexibility index (Phi) is 5.02. The Labute approximate surface area is 136 Å². The highest BCUT2D eigenvalue weighted by Crippen LogP contribution is 2.30. The van der Waals surface area contributed by atoms with Crippen molar-refractivity contribution >= 4 is 23.6 Å². The molecule has 6 nitrogen and oxygen atoms in total. The number of amides is 4. The summed E-state index contributed by atoms with van der Waals surface area (Å²) in [6.45, 7) is 6.97. The summed E-state index contributed by atoms with van der Waals surface area (Å²) in [6, 6.07) is 0. The van der Waals surface area contributed by atoms with Gasteiger partial charge >= 0.3 is 0 Å². The van der Waals surface area contributed by atoms with Crippen molar-refractivity contribution in [1.29, 1.82) is 0 Å². The highest BCUT2D eigenvalue weighted by atomic mass is 16.2. The van der Waals surface area contributed by atoms with Crippen LogP contribution in [-0.2, 0) is 19.2 Å². The van der Waals surface area contributed by atoms with Gasteiger partial charge in [-0.1, -0.05) is 20.8 Å². The molecule has 126 valence electrons. The molecule has 0 radical (unpaired) electrons. The molecule has 2 rings (SSSR count). The van der Waals surface area contributed by atoms with Crippen LogP contribution in [0.5, 0.6) is 0 Å². The number of carbonyl (C=O) groups excluding carboxylic acids is 4. The fraction of sp³-hybridized carbons (Fsp3) is 0.647. The van der Waals surface area contributed by atoms with Crippen molar-refractivity contribution in [2.45, 2.75) is 46.5 Å². The van der Waals surface area contributed by atoms with Crippen LogP contribution < -0.4 is 0 Å². The first kappa shape index (κ1) is 17.4. The van der Waals surface area contributed by atoms with E-state index in [1.165, 1.54) is 22.0 Å². The van der Waals surface area contributed by atoms with E-state index in [9.17, 15) is 19.2 Å². The second-order valence-corrected chi connectivity index (χ2v) is 7.30. The van der Waals surface area contributed by atoms with E-state index in [4.69, 9.17) is 0 Å². The van der Waals surface area contributed by atoms with Crippen molar-refractivity contribution in [3.05, 3.63) is 12.2 Å². The standard InChI is InChI=1S/C17H24N2O4/c1-12(8-9-18-13(20)4-5-14(18)21)10-17(2,3)11-19-15(22)6-7-16(19)23/h4-5,12H,6-11H2,1-3H3. The van der Waals surface area contributed by atoms with Gasteiger partial charge in [0.05, 0.1) is 0 Å². The van der Waals surface area contributed by atoms with E-state index < -0.39 is 0 Å². The van der Waals surface area contributed by atoms with Gasteiger partial charge in [0.2, 0.25) is 11.8 Å². The molecule has 2 aliphatic heterocycles. The number of likely N-dealkylation sites (tertiary alicyclic amines) is 1. The maximum absolute atomic E-state index is 11.7. The molecular formula is C17H24N2O4. The normalized spacial score (nSPS) is 20.1. The van der Waals surface area contributed by atoms with Crippen LogP contribution in [0, 0.1) is 11.3 Å². The molecule has 0 saturated carbocycles. The number of hydrogen-bond acceptors (Lipinski definition) is 4. The van der Waals surface area contributed by atoms with Gasteiger partial charge in [0.25, 0.3) is 11.8 Å². The Morgan fingerprint density at radius 2 is 1.52 bits per heavy atom. The van der Waals surface area contributed by atoms with E-state index in [-0.39, 0.29) is 35.0 Å². The van der Waals surface area contributed by atoms with Crippen molar-refractivity contribution in [2.75, 3.05) is 13.1 Å². The molecule has 1 saturated heterocycles. The summed E-state index contributed by atoms with van der Waals surface area (Å²) >= 11 is 0. The smallest absolute Gasteiger partial charge is 0.253 e. The zero-order chi connectivity index (χ0) is 17.2. The summed E-state index contributed by atoms with van der Waals surface area (Å²) in [5.41, 5.74) is -0.188. The molecule has 1 fully saturated rings. The van der Waals surface area contributed by atoms with Crippen LogP contribution in [0.15, 0.2) is 12.2 Å². The fourth-order valence-corrected chi connectivity index (χ4v) is 3.34. The summed E-state index contributed by atoms with van der Waals surface area (Å²) in [5, 5.41) is 0. The van der Waals surface area contributed by atoms with Crippen LogP contribution >= 0.6 is 0 Å². The van der Waals surface area contributed by atoms with Crippen LogP contribution in [0.2, 0.25) is 0 Å². The number of hydrogen-bond donors (Lipinski definition) is 0. The number of rotatable bonds is 7. The van der Waals surface area contributed by atoms with Gasteiger partial charge in [-0.15, -0.1) is 0 Å². The van der Waals surface area contributed by atoms with Gasteiger partial charge in [-0.05, 0) is 24.2 Å². The third kappa shape index (κ3) is 4.27. The second kappa shape index (κ2) is 6.64. The Balaban J connectivity index is 1.82. The van der Waals surface area contributed by atoms with Gasteiger partial charge in [0, 0.05) is 38.1 Å². The monoisotopic (exact) mass is 320 g/mol. The number of imide groups is 2. The Hall–Kier alpha value is -1.98. The summed E-state index contributed by atoms with van der Waals surface area (Å²) < 4.78 is 0. The number of nitrogens with zero attached hydrogens (tertiary/aromatic N) is 2. The SMILES string of the molecule is CC(CCN1C(=O)C=CC1=O)CC(C)(C)CN1C(=O)CCC1=O. The van der Waals surface area contributed by atoms with Crippen molar-refractivity contribution < 1.29 is 19.2 Å². The molecule has 0 aliphatic carbocycles. The average molecular weight is 320 g/mol. The Morgan fingerprint density at radius 3 is 2.04 bits per heavy atom. The maximum atomic E-state index is 11.7. The van der Waals surface area contributed by atoms with Crippen molar-refractivity contribution in [1.82, 2.24) is 9.80 Å². The van der Waals surface area contributed by atoms with Crippen LogP contribution in [0.3, 0.4) is 0 Å². The van der Waals surface area contributed by atoms with Crippen molar-refractivity contribution in [3.63, 3.8) is 0 Å². The molecule has 0 aromatic rings. The van der Waals surface area contributed by atoms with E-state index >= 15 is 0 Å². The van der Waals surface area contributed by atoms with Crippen LogP contribution in [-0.4, -0.2) is 46.5 Å². The van der Waals surface area contributed by atoms with Gasteiger partial charge in [-0.2, -0.15) is 0 Å². The fourth-order valence-electron chi connectivity index (χ4n) is 3.34. The lowest BCUT2D eigenvalue weighted by Crippen LogP contribution is -2.39. The minimum atomic E-state index is -0.255. The molecule has 1 atom stereocenters. The largest absolute Gasteiger partial charge is 0.282 e. The van der Waals surface area contributed by atoms with E-state index in [0.717, 1.165) is 6.42 Å². The van der Waals surface area contributed by atoms with E-state index in [2.05, 4.69) is 6.92 Å². The molecule has 2 heterocycles.